The van der Waals surface area contributed by atoms with Gasteiger partial charge in [-0.15, -0.1) is 0 Å². The standard InChI is InChI=1S/C11H15N5O2/c12-16-9-5-7(3-4-13-9)11(18)15-8-1-2-10(17)14-6-8/h3-5,8H,1-2,6,12H2,(H,13,16)(H,14,17)(H,15,18). The van der Waals surface area contributed by atoms with Gasteiger partial charge in [0, 0.05) is 30.8 Å². The first-order valence-electron chi connectivity index (χ1n) is 5.69. The highest BCUT2D eigenvalue weighted by Crippen LogP contribution is 2.08. The molecule has 7 nitrogen and oxygen atoms in total. The third-order valence-corrected chi connectivity index (χ3v) is 2.77. The van der Waals surface area contributed by atoms with Crippen molar-refractivity contribution in [1.29, 1.82) is 0 Å². The summed E-state index contributed by atoms with van der Waals surface area (Å²) in [4.78, 5) is 26.9. The van der Waals surface area contributed by atoms with Crippen LogP contribution in [-0.4, -0.2) is 29.4 Å². The number of rotatable bonds is 3. The number of amides is 2. The molecule has 1 unspecified atom stereocenters. The molecule has 1 aliphatic heterocycles. The minimum Gasteiger partial charge on any atom is -0.354 e. The Bertz CT molecular complexity index is 453. The van der Waals surface area contributed by atoms with Gasteiger partial charge in [-0.25, -0.2) is 10.8 Å². The van der Waals surface area contributed by atoms with Gasteiger partial charge in [0.1, 0.15) is 5.82 Å². The molecule has 1 aromatic heterocycles. The minimum absolute atomic E-state index is 0.0269. The molecule has 0 aliphatic carbocycles. The molecule has 0 aromatic carbocycles. The summed E-state index contributed by atoms with van der Waals surface area (Å²) in [6.07, 6.45) is 2.61. The Hall–Kier alpha value is -2.15. The van der Waals surface area contributed by atoms with Gasteiger partial charge in [0.15, 0.2) is 0 Å². The Kier molecular flexibility index (Phi) is 3.73. The van der Waals surface area contributed by atoms with Crippen LogP contribution in [0.2, 0.25) is 0 Å². The van der Waals surface area contributed by atoms with Gasteiger partial charge in [-0.05, 0) is 18.6 Å². The molecule has 0 spiro atoms. The van der Waals surface area contributed by atoms with E-state index >= 15 is 0 Å². The third kappa shape index (κ3) is 2.95. The zero-order chi connectivity index (χ0) is 13.0. The number of pyridine rings is 1. The van der Waals surface area contributed by atoms with E-state index in [1.165, 1.54) is 6.20 Å². The second-order valence-electron chi connectivity index (χ2n) is 4.09. The average Bonchev–Trinajstić information content (AvgIpc) is 2.41. The van der Waals surface area contributed by atoms with Crippen LogP contribution in [0.3, 0.4) is 0 Å². The summed E-state index contributed by atoms with van der Waals surface area (Å²) in [5.74, 6) is 5.48. The van der Waals surface area contributed by atoms with Crippen molar-refractivity contribution in [2.24, 2.45) is 5.84 Å². The number of nitrogen functional groups attached to an aromatic ring is 1. The molecular formula is C11H15N5O2. The molecule has 1 aromatic rings. The maximum Gasteiger partial charge on any atom is 0.251 e. The number of hydrogen-bond acceptors (Lipinski definition) is 5. The fourth-order valence-electron chi connectivity index (χ4n) is 1.78. The number of aromatic nitrogens is 1. The maximum atomic E-state index is 11.9. The first-order valence-corrected chi connectivity index (χ1v) is 5.69. The molecule has 1 aliphatic rings. The molecule has 0 radical (unpaired) electrons. The van der Waals surface area contributed by atoms with Gasteiger partial charge in [-0.1, -0.05) is 0 Å². The van der Waals surface area contributed by atoms with Crippen molar-refractivity contribution in [2.75, 3.05) is 12.0 Å². The quantitative estimate of drug-likeness (QED) is 0.421. The maximum absolute atomic E-state index is 11.9. The van der Waals surface area contributed by atoms with E-state index in [4.69, 9.17) is 5.84 Å². The van der Waals surface area contributed by atoms with Crippen molar-refractivity contribution >= 4 is 17.6 Å². The first-order chi connectivity index (χ1) is 8.69. The zero-order valence-corrected chi connectivity index (χ0v) is 9.77. The van der Waals surface area contributed by atoms with Crippen LogP contribution in [0.1, 0.15) is 23.2 Å². The lowest BCUT2D eigenvalue weighted by Crippen LogP contribution is -2.47. The van der Waals surface area contributed by atoms with Crippen molar-refractivity contribution in [3.8, 4) is 0 Å². The second kappa shape index (κ2) is 5.46. The van der Waals surface area contributed by atoms with Gasteiger partial charge in [-0.2, -0.15) is 0 Å². The molecule has 0 saturated carbocycles. The predicted molar refractivity (Wildman–Crippen MR) is 65.5 cm³/mol. The fraction of sp³-hybridized carbons (Fsp3) is 0.364. The SMILES string of the molecule is NNc1cc(C(=O)NC2CCC(=O)NC2)ccn1. The molecule has 2 amide bonds. The zero-order valence-electron chi connectivity index (χ0n) is 9.77. The van der Waals surface area contributed by atoms with Gasteiger partial charge in [-0.3, -0.25) is 9.59 Å². The summed E-state index contributed by atoms with van der Waals surface area (Å²) in [6.45, 7) is 0.470. The van der Waals surface area contributed by atoms with E-state index in [2.05, 4.69) is 21.0 Å². The Morgan fingerprint density at radius 3 is 3.06 bits per heavy atom. The summed E-state index contributed by atoms with van der Waals surface area (Å²) < 4.78 is 0. The van der Waals surface area contributed by atoms with Crippen LogP contribution in [0.4, 0.5) is 5.82 Å². The van der Waals surface area contributed by atoms with Gasteiger partial charge in [0.05, 0.1) is 0 Å². The van der Waals surface area contributed by atoms with E-state index in [1.807, 2.05) is 0 Å². The molecule has 1 fully saturated rings. The van der Waals surface area contributed by atoms with Gasteiger partial charge < -0.3 is 16.1 Å². The largest absolute Gasteiger partial charge is 0.354 e. The molecule has 1 saturated heterocycles. The topological polar surface area (TPSA) is 109 Å². The lowest BCUT2D eigenvalue weighted by Gasteiger charge is -2.23. The highest BCUT2D eigenvalue weighted by Gasteiger charge is 2.20. The Balaban J connectivity index is 1.96. The number of nitrogens with one attached hydrogen (secondary N) is 3. The highest BCUT2D eigenvalue weighted by molar-refractivity contribution is 5.95. The molecule has 7 heteroatoms. The van der Waals surface area contributed by atoms with Crippen molar-refractivity contribution in [3.63, 3.8) is 0 Å². The normalized spacial score (nSPS) is 18.9. The Morgan fingerprint density at radius 2 is 2.39 bits per heavy atom. The van der Waals surface area contributed by atoms with Gasteiger partial charge in [0.25, 0.3) is 5.91 Å². The van der Waals surface area contributed by atoms with Crippen molar-refractivity contribution in [3.05, 3.63) is 23.9 Å². The summed E-state index contributed by atoms with van der Waals surface area (Å²) in [6, 6.07) is 3.14. The van der Waals surface area contributed by atoms with E-state index in [9.17, 15) is 9.59 Å². The highest BCUT2D eigenvalue weighted by atomic mass is 16.2. The Labute approximate surface area is 104 Å². The van der Waals surface area contributed by atoms with Crippen molar-refractivity contribution in [2.45, 2.75) is 18.9 Å². The molecular weight excluding hydrogens is 234 g/mol. The number of carbonyl (C=O) groups is 2. The van der Waals surface area contributed by atoms with E-state index in [0.29, 0.717) is 30.8 Å². The minimum atomic E-state index is -0.199. The number of nitrogens with zero attached hydrogens (tertiary/aromatic N) is 1. The number of carbonyl (C=O) groups excluding carboxylic acids is 2. The molecule has 18 heavy (non-hydrogen) atoms. The average molecular weight is 249 g/mol. The van der Waals surface area contributed by atoms with Crippen LogP contribution < -0.4 is 21.9 Å². The van der Waals surface area contributed by atoms with Crippen LogP contribution in [0.5, 0.6) is 0 Å². The van der Waals surface area contributed by atoms with Crippen molar-refractivity contribution in [1.82, 2.24) is 15.6 Å². The summed E-state index contributed by atoms with van der Waals surface area (Å²) in [5.41, 5.74) is 2.86. The molecule has 5 N–H and O–H groups in total. The number of nitrogens with two attached hydrogens (primary N) is 1. The number of anilines is 1. The smallest absolute Gasteiger partial charge is 0.251 e. The molecule has 2 heterocycles. The van der Waals surface area contributed by atoms with Crippen LogP contribution >= 0.6 is 0 Å². The summed E-state index contributed by atoms with van der Waals surface area (Å²) in [5, 5.41) is 5.57. The third-order valence-electron chi connectivity index (χ3n) is 2.77. The predicted octanol–water partition coefficient (Wildman–Crippen LogP) is -0.624. The fourth-order valence-corrected chi connectivity index (χ4v) is 1.78. The lowest BCUT2D eigenvalue weighted by molar-refractivity contribution is -0.122. The first kappa shape index (κ1) is 12.3. The molecule has 0 bridgehead atoms. The van der Waals surface area contributed by atoms with Crippen LogP contribution in [0.25, 0.3) is 0 Å². The van der Waals surface area contributed by atoms with Crippen molar-refractivity contribution < 1.29 is 9.59 Å². The van der Waals surface area contributed by atoms with Crippen LogP contribution in [0.15, 0.2) is 18.3 Å². The van der Waals surface area contributed by atoms with E-state index < -0.39 is 0 Å². The molecule has 96 valence electrons. The van der Waals surface area contributed by atoms with Gasteiger partial charge >= 0.3 is 0 Å². The lowest BCUT2D eigenvalue weighted by atomic mass is 10.1. The monoisotopic (exact) mass is 249 g/mol. The van der Waals surface area contributed by atoms with Gasteiger partial charge in [0.2, 0.25) is 5.91 Å². The summed E-state index contributed by atoms with van der Waals surface area (Å²) >= 11 is 0. The van der Waals surface area contributed by atoms with Crippen LogP contribution in [-0.2, 0) is 4.79 Å². The molecule has 1 atom stereocenters. The van der Waals surface area contributed by atoms with E-state index in [1.54, 1.807) is 12.1 Å². The molecule has 2 rings (SSSR count). The van der Waals surface area contributed by atoms with Crippen LogP contribution in [0, 0.1) is 0 Å². The number of piperidine rings is 1. The second-order valence-corrected chi connectivity index (χ2v) is 4.09. The Morgan fingerprint density at radius 1 is 1.56 bits per heavy atom. The number of hydrazine groups is 1. The summed E-state index contributed by atoms with van der Waals surface area (Å²) in [7, 11) is 0. The van der Waals surface area contributed by atoms with E-state index in [0.717, 1.165) is 0 Å². The number of hydrogen-bond donors (Lipinski definition) is 4. The van der Waals surface area contributed by atoms with E-state index in [-0.39, 0.29) is 17.9 Å².